The molecule has 0 radical (unpaired) electrons. The predicted molar refractivity (Wildman–Crippen MR) is 230 cm³/mol. The van der Waals surface area contributed by atoms with Crippen molar-refractivity contribution < 1.29 is 13.2 Å². The summed E-state index contributed by atoms with van der Waals surface area (Å²) in [6, 6.07) is 35.8. The van der Waals surface area contributed by atoms with E-state index in [4.69, 9.17) is 9.40 Å². The number of furan rings is 1. The van der Waals surface area contributed by atoms with Crippen molar-refractivity contribution >= 4 is 33.0 Å². The molecule has 0 atom stereocenters. The van der Waals surface area contributed by atoms with Gasteiger partial charge in [0, 0.05) is 22.4 Å². The summed E-state index contributed by atoms with van der Waals surface area (Å²) >= 11 is 0. The molecule has 0 fully saturated rings. The number of fused-ring (bicyclic) bond motifs is 4. The van der Waals surface area contributed by atoms with Crippen LogP contribution >= 0.6 is 0 Å². The fourth-order valence-electron chi connectivity index (χ4n) is 7.94. The summed E-state index contributed by atoms with van der Waals surface area (Å²) in [5.41, 5.74) is 13.8. The molecule has 0 saturated heterocycles. The average molecular weight is 745 g/mol. The molecule has 0 spiro atoms. The predicted octanol–water partition coefficient (Wildman–Crippen LogP) is 15.0. The van der Waals surface area contributed by atoms with E-state index in [0.717, 1.165) is 44.9 Å². The Morgan fingerprint density at radius 3 is 1.86 bits per heavy atom. The van der Waals surface area contributed by atoms with Gasteiger partial charge in [0.15, 0.2) is 0 Å². The van der Waals surface area contributed by atoms with E-state index in [-0.39, 0.29) is 22.7 Å². The lowest BCUT2D eigenvalue weighted by Crippen LogP contribution is -2.16. The Bertz CT molecular complexity index is 2740. The summed E-state index contributed by atoms with van der Waals surface area (Å²) in [6.45, 7) is 22.9. The zero-order valence-electron chi connectivity index (χ0n) is 34.1. The molecule has 2 aromatic heterocycles. The molecular weight excluding hydrogens is 695 g/mol. The first-order valence-electron chi connectivity index (χ1n) is 19.7. The van der Waals surface area contributed by atoms with E-state index in [2.05, 4.69) is 141 Å². The molecule has 56 heavy (non-hydrogen) atoms. The van der Waals surface area contributed by atoms with Crippen LogP contribution in [0.5, 0.6) is 0 Å². The zero-order chi connectivity index (χ0) is 39.8. The van der Waals surface area contributed by atoms with Gasteiger partial charge in [-0.05, 0) is 116 Å². The van der Waals surface area contributed by atoms with E-state index >= 15 is 0 Å². The summed E-state index contributed by atoms with van der Waals surface area (Å²) in [5.74, 6) is -0.0153. The number of rotatable bonds is 6. The first kappa shape index (κ1) is 37.4. The summed E-state index contributed by atoms with van der Waals surface area (Å²) in [6.07, 6.45) is 0. The van der Waals surface area contributed by atoms with Gasteiger partial charge in [-0.1, -0.05) is 118 Å². The van der Waals surface area contributed by atoms with Gasteiger partial charge in [0.25, 0.3) is 0 Å². The first-order chi connectivity index (χ1) is 26.5. The van der Waals surface area contributed by atoms with Gasteiger partial charge in [-0.2, -0.15) is 0 Å². The molecule has 8 rings (SSSR count). The van der Waals surface area contributed by atoms with Crippen LogP contribution in [-0.4, -0.2) is 9.55 Å². The molecule has 2 heterocycles. The Labute approximate surface area is 329 Å². The quantitative estimate of drug-likeness (QED) is 0.170. The fourth-order valence-corrected chi connectivity index (χ4v) is 7.94. The molecular formula is C51H50F2N2O. The molecule has 3 nitrogen and oxygen atoms in total. The van der Waals surface area contributed by atoms with Crippen LogP contribution in [0.4, 0.5) is 8.78 Å². The average Bonchev–Trinajstić information content (AvgIpc) is 3.71. The summed E-state index contributed by atoms with van der Waals surface area (Å²) < 4.78 is 37.7. The van der Waals surface area contributed by atoms with E-state index in [1.165, 1.54) is 45.5 Å². The van der Waals surface area contributed by atoms with E-state index in [1.807, 2.05) is 24.3 Å². The van der Waals surface area contributed by atoms with Gasteiger partial charge in [-0.15, -0.1) is 0 Å². The topological polar surface area (TPSA) is 31.0 Å². The molecule has 0 aliphatic rings. The van der Waals surface area contributed by atoms with E-state index in [9.17, 15) is 8.78 Å². The number of aromatic nitrogens is 2. The van der Waals surface area contributed by atoms with Crippen LogP contribution in [0.15, 0.2) is 114 Å². The molecule has 8 aromatic rings. The molecule has 0 aliphatic heterocycles. The third-order valence-electron chi connectivity index (χ3n) is 11.2. The monoisotopic (exact) mass is 744 g/mol. The highest BCUT2D eigenvalue weighted by atomic mass is 19.1. The Kier molecular flexibility index (Phi) is 9.06. The van der Waals surface area contributed by atoms with Crippen molar-refractivity contribution in [2.45, 2.75) is 91.9 Å². The number of hydrogen-bond donors (Lipinski definition) is 0. The number of para-hydroxylation sites is 3. The van der Waals surface area contributed by atoms with E-state index < -0.39 is 11.6 Å². The highest BCUT2D eigenvalue weighted by Gasteiger charge is 2.27. The SMILES string of the molecule is CC(C)c1cc(-c2cc(C(C)(C)C)cc(C(C)(C)C)c2)cc(C(C)C)c1-n1c(-c2cccc3c2oc2cc(-c4ccc(F)cc4F)ccc23)nc2ccccc21. The second kappa shape index (κ2) is 13.6. The van der Waals surface area contributed by atoms with Crippen molar-refractivity contribution in [2.75, 3.05) is 0 Å². The van der Waals surface area contributed by atoms with Gasteiger partial charge in [0.05, 0.1) is 22.3 Å². The molecule has 6 aromatic carbocycles. The summed E-state index contributed by atoms with van der Waals surface area (Å²) in [7, 11) is 0. The minimum absolute atomic E-state index is 0.00127. The van der Waals surface area contributed by atoms with Crippen molar-refractivity contribution in [3.05, 3.63) is 143 Å². The molecule has 5 heteroatoms. The number of halogens is 2. The second-order valence-corrected chi connectivity index (χ2v) is 18.0. The van der Waals surface area contributed by atoms with Crippen LogP contribution in [0, 0.1) is 11.6 Å². The van der Waals surface area contributed by atoms with Crippen LogP contribution in [0.25, 0.3) is 72.3 Å². The van der Waals surface area contributed by atoms with Crippen LogP contribution in [0.1, 0.15) is 103 Å². The smallest absolute Gasteiger partial charge is 0.149 e. The number of imidazole rings is 1. The normalized spacial score (nSPS) is 12.6. The Hall–Kier alpha value is -5.55. The maximum Gasteiger partial charge on any atom is 0.149 e. The summed E-state index contributed by atoms with van der Waals surface area (Å²) in [4.78, 5) is 5.34. The lowest BCUT2D eigenvalue weighted by atomic mass is 9.78. The van der Waals surface area contributed by atoms with Crippen molar-refractivity contribution in [1.82, 2.24) is 9.55 Å². The third kappa shape index (κ3) is 6.51. The van der Waals surface area contributed by atoms with Gasteiger partial charge < -0.3 is 4.42 Å². The third-order valence-corrected chi connectivity index (χ3v) is 11.2. The van der Waals surface area contributed by atoms with Crippen molar-refractivity contribution in [3.8, 4) is 39.3 Å². The van der Waals surface area contributed by atoms with Crippen LogP contribution in [0.2, 0.25) is 0 Å². The Balaban J connectivity index is 1.39. The van der Waals surface area contributed by atoms with Gasteiger partial charge in [0.1, 0.15) is 28.6 Å². The highest BCUT2D eigenvalue weighted by Crippen LogP contribution is 2.44. The number of benzene rings is 6. The summed E-state index contributed by atoms with van der Waals surface area (Å²) in [5, 5.41) is 1.86. The molecule has 0 aliphatic carbocycles. The standard InChI is InChI=1S/C51H50F2N2O/c1-29(2)41-24-33(32-22-34(50(5,6)7)27-35(23-32)51(8,9)10)25-42(30(3)4)47(41)55-45-17-12-11-16-44(45)54-49(55)40-15-13-14-39-38-20-18-31(26-46(38)56-48(39)40)37-21-19-36(52)28-43(37)53/h11-30H,1-10H3. The largest absolute Gasteiger partial charge is 0.455 e. The molecule has 0 bridgehead atoms. The van der Waals surface area contributed by atoms with Gasteiger partial charge in [-0.25, -0.2) is 13.8 Å². The van der Waals surface area contributed by atoms with Crippen LogP contribution < -0.4 is 0 Å². The zero-order valence-corrected chi connectivity index (χ0v) is 34.1. The van der Waals surface area contributed by atoms with Gasteiger partial charge in [-0.3, -0.25) is 4.57 Å². The van der Waals surface area contributed by atoms with Crippen LogP contribution in [0.3, 0.4) is 0 Å². The van der Waals surface area contributed by atoms with E-state index in [1.54, 1.807) is 0 Å². The Morgan fingerprint density at radius 1 is 0.589 bits per heavy atom. The number of nitrogens with zero attached hydrogens (tertiary/aromatic N) is 2. The number of hydrogen-bond acceptors (Lipinski definition) is 2. The van der Waals surface area contributed by atoms with Crippen molar-refractivity contribution in [1.29, 1.82) is 0 Å². The van der Waals surface area contributed by atoms with Crippen molar-refractivity contribution in [3.63, 3.8) is 0 Å². The first-order valence-corrected chi connectivity index (χ1v) is 19.7. The second-order valence-electron chi connectivity index (χ2n) is 18.0. The molecule has 0 saturated carbocycles. The maximum absolute atomic E-state index is 14.9. The lowest BCUT2D eigenvalue weighted by Gasteiger charge is -2.28. The minimum atomic E-state index is -0.612. The van der Waals surface area contributed by atoms with Gasteiger partial charge in [0.2, 0.25) is 0 Å². The minimum Gasteiger partial charge on any atom is -0.455 e. The Morgan fingerprint density at radius 2 is 1.23 bits per heavy atom. The molecule has 0 N–H and O–H groups in total. The molecule has 0 amide bonds. The van der Waals surface area contributed by atoms with Crippen LogP contribution in [-0.2, 0) is 10.8 Å². The molecule has 0 unspecified atom stereocenters. The molecule has 284 valence electrons. The fraction of sp³-hybridized carbons (Fsp3) is 0.275. The lowest BCUT2D eigenvalue weighted by molar-refractivity contribution is 0.569. The van der Waals surface area contributed by atoms with Gasteiger partial charge >= 0.3 is 0 Å². The van der Waals surface area contributed by atoms with Crippen molar-refractivity contribution in [2.24, 2.45) is 0 Å². The van der Waals surface area contributed by atoms with E-state index in [0.29, 0.717) is 22.3 Å². The highest BCUT2D eigenvalue weighted by molar-refractivity contribution is 6.10. The maximum atomic E-state index is 14.9.